The quantitative estimate of drug-likeness (QED) is 0.546. The molecule has 1 aliphatic rings. The van der Waals surface area contributed by atoms with Crippen molar-refractivity contribution < 1.29 is 10.0 Å². The minimum absolute atomic E-state index is 0.457. The van der Waals surface area contributed by atoms with Crippen molar-refractivity contribution in [3.05, 3.63) is 35.3 Å². The molecule has 1 rings (SSSR count). The molecule has 2 N–H and O–H groups in total. The summed E-state index contributed by atoms with van der Waals surface area (Å²) < 4.78 is 0. The summed E-state index contributed by atoms with van der Waals surface area (Å²) in [7, 11) is -1.38. The molecule has 14 heavy (non-hydrogen) atoms. The summed E-state index contributed by atoms with van der Waals surface area (Å²) in [6, 6.07) is 0. The van der Waals surface area contributed by atoms with Crippen molar-refractivity contribution in [2.24, 2.45) is 0 Å². The fourth-order valence-corrected chi connectivity index (χ4v) is 1.17. The van der Waals surface area contributed by atoms with Crippen LogP contribution in [0, 0.1) is 0 Å². The molecule has 0 atom stereocenters. The van der Waals surface area contributed by atoms with E-state index in [2.05, 4.69) is 0 Å². The van der Waals surface area contributed by atoms with Gasteiger partial charge < -0.3 is 10.0 Å². The maximum absolute atomic E-state index is 8.84. The average Bonchev–Trinajstić information content (AvgIpc) is 2.45. The molecular weight excluding hydrogens is 198 g/mol. The minimum Gasteiger partial charge on any atom is -0.423 e. The SMILES string of the molecule is CC.OB(O)C1=CCC=C(CCl)C=C1. The molecule has 0 radical (unpaired) electrons. The molecule has 0 bridgehead atoms. The molecule has 1 aliphatic carbocycles. The van der Waals surface area contributed by atoms with Crippen LogP contribution in [0.4, 0.5) is 0 Å². The topological polar surface area (TPSA) is 40.5 Å². The largest absolute Gasteiger partial charge is 0.488 e. The van der Waals surface area contributed by atoms with Crippen LogP contribution in [-0.2, 0) is 0 Å². The summed E-state index contributed by atoms with van der Waals surface area (Å²) in [5, 5.41) is 17.7. The second-order valence-corrected chi connectivity index (χ2v) is 2.83. The lowest BCUT2D eigenvalue weighted by Crippen LogP contribution is -2.13. The smallest absolute Gasteiger partial charge is 0.423 e. The van der Waals surface area contributed by atoms with Gasteiger partial charge in [-0.3, -0.25) is 0 Å². The van der Waals surface area contributed by atoms with Crippen LogP contribution in [0.25, 0.3) is 0 Å². The number of alkyl halides is 1. The maximum atomic E-state index is 8.84. The van der Waals surface area contributed by atoms with Crippen molar-refractivity contribution >= 4 is 18.7 Å². The molecule has 0 fully saturated rings. The Hall–Kier alpha value is -0.505. The third kappa shape index (κ3) is 4.65. The summed E-state index contributed by atoms with van der Waals surface area (Å²) in [5.41, 5.74) is 1.52. The zero-order chi connectivity index (χ0) is 11.0. The first-order valence-electron chi connectivity index (χ1n) is 4.73. The monoisotopic (exact) mass is 214 g/mol. The van der Waals surface area contributed by atoms with Crippen LogP contribution >= 0.6 is 11.6 Å². The van der Waals surface area contributed by atoms with Crippen LogP contribution in [-0.4, -0.2) is 23.0 Å². The van der Waals surface area contributed by atoms with E-state index in [0.717, 1.165) is 5.57 Å². The molecule has 78 valence electrons. The van der Waals surface area contributed by atoms with Gasteiger partial charge in [0, 0.05) is 5.88 Å². The van der Waals surface area contributed by atoms with Crippen LogP contribution in [0.15, 0.2) is 35.3 Å². The van der Waals surface area contributed by atoms with E-state index in [1.165, 1.54) is 0 Å². The van der Waals surface area contributed by atoms with Gasteiger partial charge in [-0.1, -0.05) is 38.2 Å². The van der Waals surface area contributed by atoms with Gasteiger partial charge >= 0.3 is 7.12 Å². The molecule has 4 heteroatoms. The summed E-state index contributed by atoms with van der Waals surface area (Å²) in [6.45, 7) is 4.00. The predicted octanol–water partition coefficient (Wildman–Crippen LogP) is 2.08. The molecule has 0 saturated carbocycles. The Morgan fingerprint density at radius 2 is 1.93 bits per heavy atom. The van der Waals surface area contributed by atoms with Crippen LogP contribution in [0.3, 0.4) is 0 Å². The highest BCUT2D eigenvalue weighted by Crippen LogP contribution is 2.11. The first-order chi connectivity index (χ1) is 6.74. The van der Waals surface area contributed by atoms with E-state index >= 15 is 0 Å². The molecule has 0 aliphatic heterocycles. The number of hydrogen-bond acceptors (Lipinski definition) is 2. The molecule has 0 spiro atoms. The predicted molar refractivity (Wildman–Crippen MR) is 62.2 cm³/mol. The maximum Gasteiger partial charge on any atom is 0.488 e. The Bertz CT molecular complexity index is 245. The van der Waals surface area contributed by atoms with Gasteiger partial charge in [0.15, 0.2) is 0 Å². The van der Waals surface area contributed by atoms with Crippen molar-refractivity contribution in [2.75, 3.05) is 5.88 Å². The third-order valence-corrected chi connectivity index (χ3v) is 1.98. The zero-order valence-corrected chi connectivity index (χ0v) is 9.33. The number of hydrogen-bond donors (Lipinski definition) is 2. The Balaban J connectivity index is 0.000000791. The Morgan fingerprint density at radius 3 is 2.43 bits per heavy atom. The number of rotatable bonds is 2. The van der Waals surface area contributed by atoms with Crippen molar-refractivity contribution in [1.82, 2.24) is 0 Å². The molecule has 0 aromatic rings. The molecule has 0 aromatic carbocycles. The van der Waals surface area contributed by atoms with E-state index in [1.807, 2.05) is 19.9 Å². The molecule has 0 saturated heterocycles. The molecule has 0 heterocycles. The van der Waals surface area contributed by atoms with E-state index in [1.54, 1.807) is 18.2 Å². The van der Waals surface area contributed by atoms with Gasteiger partial charge in [0.25, 0.3) is 0 Å². The highest BCUT2D eigenvalue weighted by atomic mass is 35.5. The normalized spacial score (nSPS) is 14.6. The van der Waals surface area contributed by atoms with E-state index in [0.29, 0.717) is 17.8 Å². The first-order valence-corrected chi connectivity index (χ1v) is 5.26. The molecular formula is C10H16BClO2. The van der Waals surface area contributed by atoms with Gasteiger partial charge in [0.1, 0.15) is 0 Å². The standard InChI is InChI=1S/C8H10BClO2.C2H6/c10-6-7-2-1-3-8(5-4-7)9(11)12;1-2/h2-5,11-12H,1,6H2;1-2H3. The van der Waals surface area contributed by atoms with Crippen LogP contribution in [0.5, 0.6) is 0 Å². The Kier molecular flexibility index (Phi) is 7.57. The summed E-state index contributed by atoms with van der Waals surface area (Å²) in [5.74, 6) is 0.457. The third-order valence-electron chi connectivity index (χ3n) is 1.68. The number of allylic oxidation sites excluding steroid dienone is 6. The van der Waals surface area contributed by atoms with Crippen LogP contribution in [0.2, 0.25) is 0 Å². The van der Waals surface area contributed by atoms with Gasteiger partial charge in [-0.15, -0.1) is 11.6 Å². The second-order valence-electron chi connectivity index (χ2n) is 2.56. The van der Waals surface area contributed by atoms with Gasteiger partial charge in [-0.2, -0.15) is 0 Å². The fourth-order valence-electron chi connectivity index (χ4n) is 0.976. The zero-order valence-electron chi connectivity index (χ0n) is 8.57. The summed E-state index contributed by atoms with van der Waals surface area (Å²) >= 11 is 5.61. The van der Waals surface area contributed by atoms with E-state index < -0.39 is 7.12 Å². The molecule has 2 nitrogen and oxygen atoms in total. The van der Waals surface area contributed by atoms with Crippen molar-refractivity contribution in [3.63, 3.8) is 0 Å². The lowest BCUT2D eigenvalue weighted by molar-refractivity contribution is 0.420. The van der Waals surface area contributed by atoms with E-state index in [-0.39, 0.29) is 0 Å². The molecule has 0 amide bonds. The Morgan fingerprint density at radius 1 is 1.29 bits per heavy atom. The lowest BCUT2D eigenvalue weighted by atomic mass is 9.79. The number of halogens is 1. The van der Waals surface area contributed by atoms with Crippen molar-refractivity contribution in [3.8, 4) is 0 Å². The summed E-state index contributed by atoms with van der Waals surface area (Å²) in [6.07, 6.45) is 7.89. The van der Waals surface area contributed by atoms with E-state index in [9.17, 15) is 0 Å². The van der Waals surface area contributed by atoms with Crippen molar-refractivity contribution in [2.45, 2.75) is 20.3 Å². The van der Waals surface area contributed by atoms with Gasteiger partial charge in [0.2, 0.25) is 0 Å². The van der Waals surface area contributed by atoms with Gasteiger partial charge in [-0.05, 0) is 17.5 Å². The van der Waals surface area contributed by atoms with Crippen LogP contribution in [0.1, 0.15) is 20.3 Å². The second kappa shape index (κ2) is 7.86. The summed E-state index contributed by atoms with van der Waals surface area (Å²) in [4.78, 5) is 0. The molecule has 0 unspecified atom stereocenters. The van der Waals surface area contributed by atoms with Crippen LogP contribution < -0.4 is 0 Å². The van der Waals surface area contributed by atoms with Crippen molar-refractivity contribution in [1.29, 1.82) is 0 Å². The lowest BCUT2D eigenvalue weighted by Gasteiger charge is -1.96. The van der Waals surface area contributed by atoms with Gasteiger partial charge in [-0.25, -0.2) is 0 Å². The Labute approximate surface area is 90.7 Å². The van der Waals surface area contributed by atoms with Gasteiger partial charge in [0.05, 0.1) is 0 Å². The average molecular weight is 215 g/mol. The molecule has 0 aromatic heterocycles. The highest BCUT2D eigenvalue weighted by Gasteiger charge is 2.11. The van der Waals surface area contributed by atoms with E-state index in [4.69, 9.17) is 21.6 Å². The first kappa shape index (κ1) is 13.5. The fraction of sp³-hybridized carbons (Fsp3) is 0.400. The minimum atomic E-state index is -1.38. The highest BCUT2D eigenvalue weighted by molar-refractivity contribution is 6.51.